The van der Waals surface area contributed by atoms with Gasteiger partial charge >= 0.3 is 0 Å². The molecule has 0 aliphatic carbocycles. The van der Waals surface area contributed by atoms with Gasteiger partial charge in [-0.25, -0.2) is 0 Å². The number of anilines is 1. The number of carbonyl (C=O) groups excluding carboxylic acids is 3. The number of likely N-dealkylation sites (N-methyl/N-ethyl adjacent to an activating group) is 1. The number of nitrogens with one attached hydrogen (secondary N) is 2. The summed E-state index contributed by atoms with van der Waals surface area (Å²) in [4.78, 5) is 51.1. The van der Waals surface area contributed by atoms with E-state index in [1.165, 1.54) is 15.5 Å². The van der Waals surface area contributed by atoms with Crippen LogP contribution in [0.25, 0.3) is 5.69 Å². The first-order chi connectivity index (χ1) is 15.7. The molecule has 170 valence electrons. The fourth-order valence-electron chi connectivity index (χ4n) is 3.10. The van der Waals surface area contributed by atoms with Gasteiger partial charge in [0.25, 0.3) is 11.5 Å². The Kier molecular flexibility index (Phi) is 7.63. The topological polar surface area (TPSA) is 101 Å². The molecule has 0 radical (unpaired) electrons. The van der Waals surface area contributed by atoms with Crippen molar-refractivity contribution in [1.82, 2.24) is 14.8 Å². The summed E-state index contributed by atoms with van der Waals surface area (Å²) in [5.74, 6) is -1.36. The standard InChI is InChI=1S/C24H23ClN4O4/c1-28(2)24(33)20(15-21(30)26-18-10-8-17(25)9-11-18)27-23(32)16-6-12-19(13-7-16)29-14-4-3-5-22(29)31/h3-14,20H,15H2,1-2H3,(H,26,30)(H,27,32). The normalized spacial score (nSPS) is 11.4. The van der Waals surface area contributed by atoms with Gasteiger partial charge in [-0.1, -0.05) is 17.7 Å². The van der Waals surface area contributed by atoms with Crippen LogP contribution in [0.2, 0.25) is 5.02 Å². The number of pyridine rings is 1. The minimum atomic E-state index is -1.06. The lowest BCUT2D eigenvalue weighted by molar-refractivity contribution is -0.132. The molecular formula is C24H23ClN4O4. The van der Waals surface area contributed by atoms with Crippen LogP contribution in [-0.4, -0.2) is 47.3 Å². The average Bonchev–Trinajstić information content (AvgIpc) is 2.80. The molecule has 3 aromatic rings. The van der Waals surface area contributed by atoms with E-state index in [0.29, 0.717) is 16.4 Å². The Balaban J connectivity index is 1.71. The number of hydrogen-bond acceptors (Lipinski definition) is 4. The van der Waals surface area contributed by atoms with Gasteiger partial charge in [0.05, 0.1) is 6.42 Å². The van der Waals surface area contributed by atoms with Gasteiger partial charge in [0.1, 0.15) is 6.04 Å². The highest BCUT2D eigenvalue weighted by atomic mass is 35.5. The maximum Gasteiger partial charge on any atom is 0.255 e. The summed E-state index contributed by atoms with van der Waals surface area (Å²) in [5, 5.41) is 5.85. The molecule has 2 aromatic carbocycles. The molecule has 0 saturated heterocycles. The van der Waals surface area contributed by atoms with Crippen molar-refractivity contribution >= 4 is 35.0 Å². The monoisotopic (exact) mass is 466 g/mol. The number of rotatable bonds is 7. The molecule has 33 heavy (non-hydrogen) atoms. The summed E-state index contributed by atoms with van der Waals surface area (Å²) in [6, 6.07) is 16.7. The number of hydrogen-bond donors (Lipinski definition) is 2. The first-order valence-electron chi connectivity index (χ1n) is 10.1. The van der Waals surface area contributed by atoms with E-state index in [9.17, 15) is 19.2 Å². The zero-order chi connectivity index (χ0) is 24.0. The van der Waals surface area contributed by atoms with E-state index >= 15 is 0 Å². The zero-order valence-corrected chi connectivity index (χ0v) is 18.9. The Morgan fingerprint density at radius 3 is 2.24 bits per heavy atom. The van der Waals surface area contributed by atoms with Gasteiger partial charge in [-0.05, 0) is 54.6 Å². The molecular weight excluding hydrogens is 444 g/mol. The maximum atomic E-state index is 12.8. The van der Waals surface area contributed by atoms with E-state index in [2.05, 4.69) is 10.6 Å². The van der Waals surface area contributed by atoms with Crippen molar-refractivity contribution in [3.63, 3.8) is 0 Å². The molecule has 9 heteroatoms. The van der Waals surface area contributed by atoms with Crippen LogP contribution in [0, 0.1) is 0 Å². The van der Waals surface area contributed by atoms with Gasteiger partial charge in [-0.2, -0.15) is 0 Å². The number of nitrogens with zero attached hydrogens (tertiary/aromatic N) is 2. The van der Waals surface area contributed by atoms with E-state index < -0.39 is 23.8 Å². The summed E-state index contributed by atoms with van der Waals surface area (Å²) in [6.07, 6.45) is 1.38. The third kappa shape index (κ3) is 6.30. The van der Waals surface area contributed by atoms with Crippen molar-refractivity contribution in [3.05, 3.63) is 93.9 Å². The highest BCUT2D eigenvalue weighted by molar-refractivity contribution is 6.30. The second-order valence-electron chi connectivity index (χ2n) is 7.47. The van der Waals surface area contributed by atoms with Gasteiger partial charge < -0.3 is 15.5 Å². The van der Waals surface area contributed by atoms with Gasteiger partial charge in [0, 0.05) is 48.3 Å². The Hall–Kier alpha value is -3.91. The molecule has 2 N–H and O–H groups in total. The van der Waals surface area contributed by atoms with E-state index in [-0.39, 0.29) is 17.5 Å². The largest absolute Gasteiger partial charge is 0.347 e. The van der Waals surface area contributed by atoms with Crippen LogP contribution in [0.5, 0.6) is 0 Å². The Bertz CT molecular complexity index is 1200. The fourth-order valence-corrected chi connectivity index (χ4v) is 3.22. The number of amides is 3. The minimum absolute atomic E-state index is 0.196. The Morgan fingerprint density at radius 2 is 1.64 bits per heavy atom. The van der Waals surface area contributed by atoms with Crippen molar-refractivity contribution < 1.29 is 14.4 Å². The number of carbonyl (C=O) groups is 3. The summed E-state index contributed by atoms with van der Waals surface area (Å²) < 4.78 is 1.45. The second kappa shape index (κ2) is 10.6. The Labute approximate surface area is 195 Å². The van der Waals surface area contributed by atoms with Crippen molar-refractivity contribution in [2.45, 2.75) is 12.5 Å². The molecule has 0 aliphatic heterocycles. The number of aromatic nitrogens is 1. The summed E-state index contributed by atoms with van der Waals surface area (Å²) in [5.41, 5.74) is 1.22. The van der Waals surface area contributed by atoms with Gasteiger partial charge in [-0.15, -0.1) is 0 Å². The van der Waals surface area contributed by atoms with Crippen LogP contribution >= 0.6 is 11.6 Å². The van der Waals surface area contributed by atoms with Crippen molar-refractivity contribution in [2.75, 3.05) is 19.4 Å². The van der Waals surface area contributed by atoms with Crippen LogP contribution in [0.4, 0.5) is 5.69 Å². The van der Waals surface area contributed by atoms with Gasteiger partial charge in [-0.3, -0.25) is 23.7 Å². The van der Waals surface area contributed by atoms with Crippen LogP contribution < -0.4 is 16.2 Å². The van der Waals surface area contributed by atoms with E-state index in [1.807, 2.05) is 0 Å². The molecule has 0 aliphatic rings. The zero-order valence-electron chi connectivity index (χ0n) is 18.1. The van der Waals surface area contributed by atoms with Gasteiger partial charge in [0.2, 0.25) is 11.8 Å². The fraction of sp³-hybridized carbons (Fsp3) is 0.167. The predicted molar refractivity (Wildman–Crippen MR) is 127 cm³/mol. The van der Waals surface area contributed by atoms with Crippen molar-refractivity contribution in [1.29, 1.82) is 0 Å². The highest BCUT2D eigenvalue weighted by Gasteiger charge is 2.26. The summed E-state index contributed by atoms with van der Waals surface area (Å²) in [7, 11) is 3.09. The van der Waals surface area contributed by atoms with Crippen LogP contribution in [-0.2, 0) is 9.59 Å². The minimum Gasteiger partial charge on any atom is -0.347 e. The summed E-state index contributed by atoms with van der Waals surface area (Å²) >= 11 is 5.85. The number of halogens is 1. The number of benzene rings is 2. The quantitative estimate of drug-likeness (QED) is 0.559. The molecule has 3 rings (SSSR count). The average molecular weight is 467 g/mol. The smallest absolute Gasteiger partial charge is 0.255 e. The third-order valence-electron chi connectivity index (χ3n) is 4.79. The van der Waals surface area contributed by atoms with E-state index in [1.54, 1.807) is 81.0 Å². The first-order valence-corrected chi connectivity index (χ1v) is 10.5. The van der Waals surface area contributed by atoms with Gasteiger partial charge in [0.15, 0.2) is 0 Å². The second-order valence-corrected chi connectivity index (χ2v) is 7.91. The highest BCUT2D eigenvalue weighted by Crippen LogP contribution is 2.14. The van der Waals surface area contributed by atoms with Crippen molar-refractivity contribution in [3.8, 4) is 5.69 Å². The lowest BCUT2D eigenvalue weighted by Gasteiger charge is -2.21. The molecule has 1 aromatic heterocycles. The molecule has 1 heterocycles. The third-order valence-corrected chi connectivity index (χ3v) is 5.04. The Morgan fingerprint density at radius 1 is 0.970 bits per heavy atom. The molecule has 0 saturated carbocycles. The van der Waals surface area contributed by atoms with Crippen molar-refractivity contribution in [2.24, 2.45) is 0 Å². The lowest BCUT2D eigenvalue weighted by Crippen LogP contribution is -2.48. The lowest BCUT2D eigenvalue weighted by atomic mass is 10.1. The van der Waals surface area contributed by atoms with E-state index in [0.717, 1.165) is 0 Å². The molecule has 1 atom stereocenters. The molecule has 0 spiro atoms. The predicted octanol–water partition coefficient (Wildman–Crippen LogP) is 2.71. The SMILES string of the molecule is CN(C)C(=O)C(CC(=O)Nc1ccc(Cl)cc1)NC(=O)c1ccc(-n2ccccc2=O)cc1. The summed E-state index contributed by atoms with van der Waals surface area (Å²) in [6.45, 7) is 0. The molecule has 8 nitrogen and oxygen atoms in total. The van der Waals surface area contributed by atoms with E-state index in [4.69, 9.17) is 11.6 Å². The molecule has 3 amide bonds. The van der Waals surface area contributed by atoms with Crippen LogP contribution in [0.3, 0.4) is 0 Å². The van der Waals surface area contributed by atoms with Crippen LogP contribution in [0.15, 0.2) is 77.7 Å². The molecule has 0 bridgehead atoms. The van der Waals surface area contributed by atoms with Crippen LogP contribution in [0.1, 0.15) is 16.8 Å². The maximum absolute atomic E-state index is 12.8. The molecule has 1 unspecified atom stereocenters. The first kappa shape index (κ1) is 23.7. The molecule has 0 fully saturated rings.